The van der Waals surface area contributed by atoms with E-state index < -0.39 is 52.4 Å². The maximum atomic E-state index is 13.3. The molecule has 2 aliphatic heterocycles. The summed E-state index contributed by atoms with van der Waals surface area (Å²) in [6.45, 7) is 7.38. The molecule has 1 N–H and O–H groups in total. The van der Waals surface area contributed by atoms with Crippen molar-refractivity contribution in [3.05, 3.63) is 59.7 Å². The zero-order valence-corrected chi connectivity index (χ0v) is 20.2. The highest BCUT2D eigenvalue weighted by Gasteiger charge is 2.66. The number of hydrogen-bond donors (Lipinski definition) is 1. The van der Waals surface area contributed by atoms with E-state index in [0.717, 1.165) is 11.1 Å². The molecule has 2 aromatic carbocycles. The number of esters is 1. The van der Waals surface area contributed by atoms with Crippen LogP contribution in [0.2, 0.25) is 0 Å². The Morgan fingerprint density at radius 1 is 1.09 bits per heavy atom. The Morgan fingerprint density at radius 3 is 2.38 bits per heavy atom. The number of benzene rings is 2. The Kier molecular flexibility index (Phi) is 6.16. The molecule has 0 saturated carbocycles. The minimum absolute atomic E-state index is 0.343. The number of β-lactam (4-membered cyclic amide) rings is 1. The second-order valence-corrected chi connectivity index (χ2v) is 10.8. The fraction of sp³-hybridized carbons (Fsp3) is 0.360. The third-order valence-electron chi connectivity index (χ3n) is 6.23. The predicted octanol–water partition coefficient (Wildman–Crippen LogP) is 3.15. The van der Waals surface area contributed by atoms with E-state index in [0.29, 0.717) is 11.4 Å². The van der Waals surface area contributed by atoms with E-state index in [-0.39, 0.29) is 0 Å². The minimum Gasteiger partial charge on any atom is -0.480 e. The molecule has 2 aliphatic rings. The highest BCUT2D eigenvalue weighted by Crippen LogP contribution is 2.52. The molecule has 8 nitrogen and oxygen atoms in total. The van der Waals surface area contributed by atoms with Gasteiger partial charge in [0.1, 0.15) is 29.6 Å². The average molecular weight is 483 g/mol. The summed E-state index contributed by atoms with van der Waals surface area (Å²) in [5.74, 6) is -2.51. The first-order chi connectivity index (χ1) is 16.0. The van der Waals surface area contributed by atoms with E-state index in [1.165, 1.54) is 21.6 Å². The van der Waals surface area contributed by atoms with Gasteiger partial charge in [0.05, 0.1) is 0 Å². The first kappa shape index (κ1) is 23.8. The molecule has 0 aromatic heterocycles. The van der Waals surface area contributed by atoms with Crippen LogP contribution in [0.15, 0.2) is 48.5 Å². The Morgan fingerprint density at radius 2 is 1.76 bits per heavy atom. The van der Waals surface area contributed by atoms with Crippen LogP contribution in [0.5, 0.6) is 5.75 Å². The zero-order chi connectivity index (χ0) is 24.8. The summed E-state index contributed by atoms with van der Waals surface area (Å²) in [5, 5.41) is 9.16. The smallest absolute Gasteiger partial charge is 0.327 e. The molecular weight excluding hydrogens is 456 g/mol. The van der Waals surface area contributed by atoms with Gasteiger partial charge in [-0.15, -0.1) is 11.8 Å². The van der Waals surface area contributed by atoms with Gasteiger partial charge in [0.15, 0.2) is 0 Å². The zero-order valence-electron chi connectivity index (χ0n) is 19.3. The van der Waals surface area contributed by atoms with Crippen molar-refractivity contribution in [2.75, 3.05) is 4.90 Å². The lowest BCUT2D eigenvalue weighted by Crippen LogP contribution is -2.71. The number of aliphatic carboxylic acids is 1. The third kappa shape index (κ3) is 4.16. The van der Waals surface area contributed by atoms with E-state index in [4.69, 9.17) is 4.74 Å². The van der Waals surface area contributed by atoms with Crippen molar-refractivity contribution in [2.24, 2.45) is 0 Å². The van der Waals surface area contributed by atoms with Gasteiger partial charge in [0, 0.05) is 10.4 Å². The number of carbonyl (C=O) groups excluding carboxylic acids is 3. The minimum atomic E-state index is -1.08. The molecule has 2 unspecified atom stereocenters. The fourth-order valence-corrected chi connectivity index (χ4v) is 6.10. The second kappa shape index (κ2) is 8.79. The lowest BCUT2D eigenvalue weighted by Gasteiger charge is -2.48. The number of aryl methyl sites for hydroxylation is 2. The lowest BCUT2D eigenvalue weighted by molar-refractivity contribution is -0.159. The maximum Gasteiger partial charge on any atom is 0.327 e. The number of amides is 2. The van der Waals surface area contributed by atoms with Gasteiger partial charge >= 0.3 is 11.9 Å². The first-order valence-corrected chi connectivity index (χ1v) is 11.8. The van der Waals surface area contributed by atoms with Crippen LogP contribution in [0.4, 0.5) is 5.69 Å². The average Bonchev–Trinajstić information content (AvgIpc) is 3.02. The van der Waals surface area contributed by atoms with E-state index in [1.54, 1.807) is 56.3 Å². The number of thioether (sulfide) groups is 1. The lowest BCUT2D eigenvalue weighted by atomic mass is 9.94. The van der Waals surface area contributed by atoms with Crippen molar-refractivity contribution in [1.29, 1.82) is 0 Å². The third-order valence-corrected chi connectivity index (χ3v) is 7.79. The number of anilines is 1. The molecule has 0 radical (unpaired) electrons. The molecule has 178 valence electrons. The highest BCUT2D eigenvalue weighted by atomic mass is 32.2. The van der Waals surface area contributed by atoms with Crippen LogP contribution in [0.25, 0.3) is 0 Å². The molecule has 0 spiro atoms. The number of ether oxygens (including phenoxy) is 1. The van der Waals surface area contributed by atoms with Crippen molar-refractivity contribution in [3.8, 4) is 5.75 Å². The van der Waals surface area contributed by atoms with Crippen LogP contribution in [0, 0.1) is 13.8 Å². The standard InChI is InChI=1S/C25H26N2O6S/c1-14-10-11-17(12-15(14)2)33-19(29)13-18(28)26(16-8-6-5-7-9-16)20-22(30)27-21(24(31)32)25(3,4)34-23(20)27/h5-12,20-21,23H,13H2,1-4H3,(H,31,32)/t20?,21?,23-/m1/s1. The first-order valence-electron chi connectivity index (χ1n) is 10.9. The van der Waals surface area contributed by atoms with Gasteiger partial charge in [-0.3, -0.25) is 19.3 Å². The van der Waals surface area contributed by atoms with Gasteiger partial charge in [-0.1, -0.05) is 24.3 Å². The molecule has 4 rings (SSSR count). The number of nitrogens with zero attached hydrogens (tertiary/aromatic N) is 2. The maximum absolute atomic E-state index is 13.3. The SMILES string of the molecule is Cc1ccc(OC(=O)CC(=O)N(c2ccccc2)C2C(=O)N3C(C(=O)O)C(C)(C)S[C@H]23)cc1C. The van der Waals surface area contributed by atoms with Crippen LogP contribution in [-0.4, -0.2) is 56.0 Å². The summed E-state index contributed by atoms with van der Waals surface area (Å²) >= 11 is 1.34. The quantitative estimate of drug-likeness (QED) is 0.292. The Balaban J connectivity index is 1.57. The number of hydrogen-bond acceptors (Lipinski definition) is 6. The number of fused-ring (bicyclic) bond motifs is 1. The summed E-state index contributed by atoms with van der Waals surface area (Å²) < 4.78 is 4.64. The van der Waals surface area contributed by atoms with E-state index in [1.807, 2.05) is 19.9 Å². The Labute approximate surface area is 201 Å². The number of carboxylic acid groups (broad SMARTS) is 1. The molecule has 9 heteroatoms. The molecular formula is C25H26N2O6S. The summed E-state index contributed by atoms with van der Waals surface area (Å²) in [5.41, 5.74) is 2.47. The van der Waals surface area contributed by atoms with Gasteiger partial charge < -0.3 is 14.7 Å². The largest absolute Gasteiger partial charge is 0.480 e. The molecule has 34 heavy (non-hydrogen) atoms. The molecule has 2 saturated heterocycles. The van der Waals surface area contributed by atoms with Crippen LogP contribution in [0.1, 0.15) is 31.4 Å². The van der Waals surface area contributed by atoms with Gasteiger partial charge in [-0.25, -0.2) is 4.79 Å². The molecule has 2 amide bonds. The van der Waals surface area contributed by atoms with Gasteiger partial charge in [-0.2, -0.15) is 0 Å². The van der Waals surface area contributed by atoms with Gasteiger partial charge in [0.2, 0.25) is 5.91 Å². The number of carbonyl (C=O) groups is 4. The van der Waals surface area contributed by atoms with E-state index in [9.17, 15) is 24.3 Å². The van der Waals surface area contributed by atoms with Crippen molar-refractivity contribution >= 4 is 41.2 Å². The van der Waals surface area contributed by atoms with Gasteiger partial charge in [0.25, 0.3) is 5.91 Å². The molecule has 0 bridgehead atoms. The summed E-state index contributed by atoms with van der Waals surface area (Å²) in [6, 6.07) is 11.9. The number of carboxylic acids is 1. The van der Waals surface area contributed by atoms with Crippen LogP contribution < -0.4 is 9.64 Å². The van der Waals surface area contributed by atoms with Crippen molar-refractivity contribution in [3.63, 3.8) is 0 Å². The summed E-state index contributed by atoms with van der Waals surface area (Å²) in [4.78, 5) is 53.6. The topological polar surface area (TPSA) is 104 Å². The van der Waals surface area contributed by atoms with Crippen LogP contribution >= 0.6 is 11.8 Å². The predicted molar refractivity (Wildman–Crippen MR) is 128 cm³/mol. The Hall–Kier alpha value is -3.33. The number of rotatable bonds is 6. The molecule has 3 atom stereocenters. The van der Waals surface area contributed by atoms with Crippen LogP contribution in [0.3, 0.4) is 0 Å². The van der Waals surface area contributed by atoms with E-state index >= 15 is 0 Å². The summed E-state index contributed by atoms with van der Waals surface area (Å²) in [7, 11) is 0. The van der Waals surface area contributed by atoms with Crippen molar-refractivity contribution in [2.45, 2.75) is 56.3 Å². The molecule has 0 aliphatic carbocycles. The number of para-hydroxylation sites is 1. The van der Waals surface area contributed by atoms with Crippen LogP contribution in [-0.2, 0) is 19.2 Å². The van der Waals surface area contributed by atoms with Gasteiger partial charge in [-0.05, 0) is 63.1 Å². The highest BCUT2D eigenvalue weighted by molar-refractivity contribution is 8.01. The fourth-order valence-electron chi connectivity index (χ4n) is 4.43. The monoisotopic (exact) mass is 482 g/mol. The molecule has 2 aromatic rings. The Bertz CT molecular complexity index is 1170. The van der Waals surface area contributed by atoms with E-state index in [2.05, 4.69) is 0 Å². The summed E-state index contributed by atoms with van der Waals surface area (Å²) in [6.07, 6.45) is -0.561. The van der Waals surface area contributed by atoms with Crippen molar-refractivity contribution in [1.82, 2.24) is 4.90 Å². The normalized spacial score (nSPS) is 22.5. The molecule has 2 fully saturated rings. The molecule has 2 heterocycles. The van der Waals surface area contributed by atoms with Crippen molar-refractivity contribution < 1.29 is 29.0 Å². The second-order valence-electron chi connectivity index (χ2n) is 9.04.